The number of ether oxygens (including phenoxy) is 1. The number of carbonyl (C=O) groups excluding carboxylic acids is 1. The molecule has 30 heavy (non-hydrogen) atoms. The molecule has 0 aliphatic heterocycles. The van der Waals surface area contributed by atoms with Crippen LogP contribution in [0.2, 0.25) is 0 Å². The Balaban J connectivity index is 1.92. The third-order valence-corrected chi connectivity index (χ3v) is 7.12. The molecule has 3 N–H and O–H groups in total. The summed E-state index contributed by atoms with van der Waals surface area (Å²) in [5, 5.41) is 21.1. The van der Waals surface area contributed by atoms with Gasteiger partial charge in [0.05, 0.1) is 43.7 Å². The molecule has 1 aliphatic rings. The van der Waals surface area contributed by atoms with Crippen molar-refractivity contribution in [1.82, 2.24) is 10.3 Å². The number of aliphatic hydroxyl groups is 2. The molecule has 0 spiro atoms. The first-order chi connectivity index (χ1) is 14.5. The molecule has 0 saturated carbocycles. The Labute approximate surface area is 178 Å². The second kappa shape index (κ2) is 10.00. The minimum atomic E-state index is -3.41. The molecule has 0 atom stereocenters. The highest BCUT2D eigenvalue weighted by molar-refractivity contribution is 7.53. The van der Waals surface area contributed by atoms with E-state index in [9.17, 15) is 19.6 Å². The molecule has 0 saturated heterocycles. The molecular weight excluding hydrogens is 431 g/mol. The van der Waals surface area contributed by atoms with Crippen molar-refractivity contribution in [2.75, 3.05) is 32.8 Å². The van der Waals surface area contributed by atoms with Crippen molar-refractivity contribution in [3.63, 3.8) is 0 Å². The molecule has 11 heteroatoms. The summed E-state index contributed by atoms with van der Waals surface area (Å²) in [6, 6.07) is 2.48. The summed E-state index contributed by atoms with van der Waals surface area (Å²) in [5.41, 5.74) is 4.26. The van der Waals surface area contributed by atoms with Gasteiger partial charge < -0.3 is 29.3 Å². The number of nitrogens with zero attached hydrogens (tertiary/aromatic N) is 1. The molecule has 0 fully saturated rings. The van der Waals surface area contributed by atoms with E-state index in [4.69, 9.17) is 13.8 Å². The number of thiazole rings is 1. The van der Waals surface area contributed by atoms with Crippen molar-refractivity contribution in [2.24, 2.45) is 0 Å². The minimum absolute atomic E-state index is 0.227. The second-order valence-electron chi connectivity index (χ2n) is 6.52. The van der Waals surface area contributed by atoms with Crippen molar-refractivity contribution in [3.8, 4) is 17.0 Å². The van der Waals surface area contributed by atoms with Gasteiger partial charge in [-0.1, -0.05) is 0 Å². The largest absolute Gasteiger partial charge is 0.480 e. The van der Waals surface area contributed by atoms with Gasteiger partial charge in [0.1, 0.15) is 5.75 Å². The Hall–Kier alpha value is -1.81. The summed E-state index contributed by atoms with van der Waals surface area (Å²) >= 11 is 1.48. The molecule has 1 aliphatic carbocycles. The third-order valence-electron chi connectivity index (χ3n) is 4.54. The Kier molecular flexibility index (Phi) is 7.62. The van der Waals surface area contributed by atoms with Gasteiger partial charge in [0.25, 0.3) is 5.91 Å². The highest BCUT2D eigenvalue weighted by Crippen LogP contribution is 2.50. The Morgan fingerprint density at radius 3 is 2.60 bits per heavy atom. The van der Waals surface area contributed by atoms with Crippen LogP contribution in [0.3, 0.4) is 0 Å². The predicted octanol–water partition coefficient (Wildman–Crippen LogP) is 2.40. The SMILES string of the molecule is CCOP(=O)(COc1ccc(C(=O)NC(CO)CO)c2c1-c1ncsc1C2)OCC. The van der Waals surface area contributed by atoms with Gasteiger partial charge in [-0.15, -0.1) is 11.3 Å². The van der Waals surface area contributed by atoms with Crippen molar-refractivity contribution < 1.29 is 33.4 Å². The number of aliphatic hydroxyl groups excluding tert-OH is 2. The summed E-state index contributed by atoms with van der Waals surface area (Å²) in [6.07, 6.45) is 0.246. The van der Waals surface area contributed by atoms with Gasteiger partial charge in [-0.25, -0.2) is 4.98 Å². The number of carbonyl (C=O) groups is 1. The van der Waals surface area contributed by atoms with Gasteiger partial charge in [0, 0.05) is 22.4 Å². The molecule has 0 radical (unpaired) electrons. The van der Waals surface area contributed by atoms with Gasteiger partial charge in [-0.2, -0.15) is 0 Å². The van der Waals surface area contributed by atoms with Crippen molar-refractivity contribution in [3.05, 3.63) is 33.6 Å². The van der Waals surface area contributed by atoms with E-state index in [2.05, 4.69) is 10.3 Å². The number of benzene rings is 1. The van der Waals surface area contributed by atoms with Crippen LogP contribution in [-0.4, -0.2) is 59.9 Å². The fraction of sp³-hybridized carbons (Fsp3) is 0.474. The van der Waals surface area contributed by atoms with E-state index in [-0.39, 0.29) is 32.8 Å². The van der Waals surface area contributed by atoms with E-state index in [1.165, 1.54) is 11.3 Å². The van der Waals surface area contributed by atoms with Gasteiger partial charge in [0.2, 0.25) is 0 Å². The molecular formula is C19H25N2O7PS. The zero-order valence-corrected chi connectivity index (χ0v) is 18.5. The topological polar surface area (TPSA) is 127 Å². The monoisotopic (exact) mass is 456 g/mol. The van der Waals surface area contributed by atoms with E-state index in [1.807, 2.05) is 0 Å². The smallest absolute Gasteiger partial charge is 0.367 e. The van der Waals surface area contributed by atoms with Gasteiger partial charge in [-0.05, 0) is 31.5 Å². The summed E-state index contributed by atoms with van der Waals surface area (Å²) in [6.45, 7) is 3.17. The first-order valence-electron chi connectivity index (χ1n) is 9.58. The van der Waals surface area contributed by atoms with Crippen molar-refractivity contribution >= 4 is 24.8 Å². The predicted molar refractivity (Wildman–Crippen MR) is 112 cm³/mol. The number of hydrogen-bond donors (Lipinski definition) is 3. The van der Waals surface area contributed by atoms with Crippen molar-refractivity contribution in [2.45, 2.75) is 26.3 Å². The van der Waals surface area contributed by atoms with Crippen LogP contribution in [0.1, 0.15) is 34.6 Å². The van der Waals surface area contributed by atoms with Gasteiger partial charge >= 0.3 is 7.60 Å². The van der Waals surface area contributed by atoms with Crippen LogP contribution in [0, 0.1) is 0 Å². The average Bonchev–Trinajstić information content (AvgIpc) is 3.32. The lowest BCUT2D eigenvalue weighted by Crippen LogP contribution is -2.40. The first kappa shape index (κ1) is 22.9. The number of rotatable bonds is 11. The highest BCUT2D eigenvalue weighted by Gasteiger charge is 2.32. The highest BCUT2D eigenvalue weighted by atomic mass is 32.1. The van der Waals surface area contributed by atoms with Gasteiger partial charge in [0.15, 0.2) is 6.35 Å². The lowest BCUT2D eigenvalue weighted by atomic mass is 10.0. The molecule has 1 amide bonds. The lowest BCUT2D eigenvalue weighted by Gasteiger charge is -2.20. The maximum atomic E-state index is 12.8. The maximum absolute atomic E-state index is 12.8. The Morgan fingerprint density at radius 1 is 1.27 bits per heavy atom. The minimum Gasteiger partial charge on any atom is -0.480 e. The molecule has 0 bridgehead atoms. The average molecular weight is 456 g/mol. The second-order valence-corrected chi connectivity index (χ2v) is 9.46. The molecule has 164 valence electrons. The van der Waals surface area contributed by atoms with E-state index >= 15 is 0 Å². The number of nitrogens with one attached hydrogen (secondary N) is 1. The molecule has 1 aromatic carbocycles. The van der Waals surface area contributed by atoms with Crippen LogP contribution in [0.25, 0.3) is 11.3 Å². The summed E-state index contributed by atoms with van der Waals surface area (Å²) < 4.78 is 29.2. The zero-order valence-electron chi connectivity index (χ0n) is 16.8. The fourth-order valence-corrected chi connectivity index (χ4v) is 5.32. The lowest BCUT2D eigenvalue weighted by molar-refractivity contribution is 0.0878. The van der Waals surface area contributed by atoms with Crippen molar-refractivity contribution in [1.29, 1.82) is 0 Å². The maximum Gasteiger partial charge on any atom is 0.367 e. The van der Waals surface area contributed by atoms with E-state index in [0.717, 1.165) is 16.1 Å². The van der Waals surface area contributed by atoms with E-state index < -0.39 is 19.5 Å². The fourth-order valence-electron chi connectivity index (χ4n) is 3.23. The third kappa shape index (κ3) is 4.74. The molecule has 1 aromatic heterocycles. The van der Waals surface area contributed by atoms with Crippen LogP contribution in [-0.2, 0) is 20.0 Å². The number of fused-ring (bicyclic) bond motifs is 3. The van der Waals surface area contributed by atoms with Gasteiger partial charge in [-0.3, -0.25) is 9.36 Å². The van der Waals surface area contributed by atoms with E-state index in [1.54, 1.807) is 31.5 Å². The summed E-state index contributed by atoms with van der Waals surface area (Å²) in [4.78, 5) is 18.1. The molecule has 0 unspecified atom stereocenters. The number of hydrogen-bond acceptors (Lipinski definition) is 9. The standard InChI is InChI=1S/C19H25N2O7PS/c1-3-27-29(25,28-4-2)11-26-15-6-5-13(19(24)21-12(8-22)9-23)14-7-16-18(17(14)15)20-10-30-16/h5-6,10,12,22-23H,3-4,7-9,11H2,1-2H3,(H,21,24). The van der Waals surface area contributed by atoms with Crippen LogP contribution < -0.4 is 10.1 Å². The van der Waals surface area contributed by atoms with Crippen LogP contribution in [0.5, 0.6) is 5.75 Å². The molecule has 3 rings (SSSR count). The quantitative estimate of drug-likeness (QED) is 0.376. The summed E-state index contributed by atoms with van der Waals surface area (Å²) in [7, 11) is -3.41. The Bertz CT molecular complexity index is 935. The summed E-state index contributed by atoms with van der Waals surface area (Å²) in [5.74, 6) is 0.0297. The zero-order chi connectivity index (χ0) is 21.7. The normalized spacial score (nSPS) is 12.7. The Morgan fingerprint density at radius 2 is 1.97 bits per heavy atom. The number of aromatic nitrogens is 1. The number of amides is 1. The van der Waals surface area contributed by atoms with E-state index in [0.29, 0.717) is 23.3 Å². The molecule has 1 heterocycles. The van der Waals surface area contributed by atoms with Crippen LogP contribution >= 0.6 is 18.9 Å². The first-order valence-corrected chi connectivity index (χ1v) is 12.2. The van der Waals surface area contributed by atoms with Crippen LogP contribution in [0.15, 0.2) is 17.6 Å². The van der Waals surface area contributed by atoms with Crippen LogP contribution in [0.4, 0.5) is 0 Å². The molecule has 2 aromatic rings. The molecule has 9 nitrogen and oxygen atoms in total.